The van der Waals surface area contributed by atoms with Crippen LogP contribution in [0.2, 0.25) is 0 Å². The van der Waals surface area contributed by atoms with E-state index in [0.717, 1.165) is 0 Å². The summed E-state index contributed by atoms with van der Waals surface area (Å²) >= 11 is 3.01. The third-order valence-corrected chi connectivity index (χ3v) is 3.50. The molecule has 0 fully saturated rings. The minimum atomic E-state index is -0.697. The molecule has 1 aliphatic rings. The molecule has 21 heavy (non-hydrogen) atoms. The van der Waals surface area contributed by atoms with Gasteiger partial charge in [-0.05, 0) is 42.8 Å². The zero-order valence-electron chi connectivity index (χ0n) is 11.9. The van der Waals surface area contributed by atoms with Crippen LogP contribution >= 0.6 is 15.9 Å². The van der Waals surface area contributed by atoms with Gasteiger partial charge in [0.05, 0.1) is 22.3 Å². The Kier molecular flexibility index (Phi) is 4.10. The lowest BCUT2D eigenvalue weighted by atomic mass is 10.1. The van der Waals surface area contributed by atoms with Crippen LogP contribution in [0.1, 0.15) is 26.3 Å². The second-order valence-electron chi connectivity index (χ2n) is 5.49. The molecule has 7 heteroatoms. The molecular formula is C14H14BrFN2O3. The first kappa shape index (κ1) is 15.6. The molecule has 2 rings (SSSR count). The van der Waals surface area contributed by atoms with Crippen molar-refractivity contribution < 1.29 is 18.7 Å². The standard InChI is InChI=1S/C14H14BrFN2O3/c1-14(2,3)21-13(19)18-4-5-20-12-9(18)6-8(7-17)10(15)11(12)16/h6H,4-5H2,1-3H3. The van der Waals surface area contributed by atoms with E-state index in [-0.39, 0.29) is 34.6 Å². The van der Waals surface area contributed by atoms with E-state index < -0.39 is 17.5 Å². The van der Waals surface area contributed by atoms with Gasteiger partial charge in [0, 0.05) is 0 Å². The smallest absolute Gasteiger partial charge is 0.415 e. The lowest BCUT2D eigenvalue weighted by Crippen LogP contribution is -2.41. The Morgan fingerprint density at radius 2 is 2.24 bits per heavy atom. The van der Waals surface area contributed by atoms with Crippen LogP contribution in [0.4, 0.5) is 14.9 Å². The van der Waals surface area contributed by atoms with Crippen molar-refractivity contribution in [1.29, 1.82) is 5.26 Å². The molecule has 0 saturated carbocycles. The Hall–Kier alpha value is -1.81. The molecule has 0 aliphatic carbocycles. The van der Waals surface area contributed by atoms with Crippen molar-refractivity contribution in [2.45, 2.75) is 26.4 Å². The number of hydrogen-bond acceptors (Lipinski definition) is 4. The minimum Gasteiger partial charge on any atom is -0.486 e. The number of rotatable bonds is 0. The summed E-state index contributed by atoms with van der Waals surface area (Å²) in [4.78, 5) is 13.5. The third-order valence-electron chi connectivity index (χ3n) is 2.73. The maximum absolute atomic E-state index is 14.2. The lowest BCUT2D eigenvalue weighted by Gasteiger charge is -2.32. The highest BCUT2D eigenvalue weighted by molar-refractivity contribution is 9.10. The van der Waals surface area contributed by atoms with Gasteiger partial charge in [0.1, 0.15) is 18.3 Å². The number of ether oxygens (including phenoxy) is 2. The van der Waals surface area contributed by atoms with Crippen molar-refractivity contribution in [2.75, 3.05) is 18.1 Å². The highest BCUT2D eigenvalue weighted by Gasteiger charge is 2.31. The van der Waals surface area contributed by atoms with Crippen molar-refractivity contribution in [2.24, 2.45) is 0 Å². The lowest BCUT2D eigenvalue weighted by molar-refractivity contribution is 0.0567. The van der Waals surface area contributed by atoms with Gasteiger partial charge in [0.2, 0.25) is 0 Å². The summed E-state index contributed by atoms with van der Waals surface area (Å²) in [5, 5.41) is 9.03. The van der Waals surface area contributed by atoms with E-state index in [4.69, 9.17) is 14.7 Å². The molecule has 1 heterocycles. The monoisotopic (exact) mass is 356 g/mol. The number of halogens is 2. The Morgan fingerprint density at radius 1 is 1.57 bits per heavy atom. The molecule has 0 N–H and O–H groups in total. The van der Waals surface area contributed by atoms with Gasteiger partial charge in [-0.2, -0.15) is 5.26 Å². The van der Waals surface area contributed by atoms with Crippen molar-refractivity contribution in [3.05, 3.63) is 21.9 Å². The van der Waals surface area contributed by atoms with E-state index >= 15 is 0 Å². The maximum atomic E-state index is 14.2. The Balaban J connectivity index is 2.46. The third kappa shape index (κ3) is 3.10. The van der Waals surface area contributed by atoms with Gasteiger partial charge >= 0.3 is 6.09 Å². The molecule has 1 amide bonds. The highest BCUT2D eigenvalue weighted by Crippen LogP contribution is 2.40. The summed E-state index contributed by atoms with van der Waals surface area (Å²) < 4.78 is 24.8. The summed E-state index contributed by atoms with van der Waals surface area (Å²) in [6.07, 6.45) is -0.599. The number of anilines is 1. The number of carbonyl (C=O) groups excluding carboxylic acids is 1. The van der Waals surface area contributed by atoms with Crippen LogP contribution < -0.4 is 9.64 Å². The van der Waals surface area contributed by atoms with Crippen LogP contribution in [0.25, 0.3) is 0 Å². The quantitative estimate of drug-likeness (QED) is 0.712. The van der Waals surface area contributed by atoms with Crippen molar-refractivity contribution in [3.63, 3.8) is 0 Å². The molecule has 1 aromatic carbocycles. The Labute approximate surface area is 130 Å². The van der Waals surface area contributed by atoms with E-state index in [1.807, 2.05) is 6.07 Å². The second kappa shape index (κ2) is 5.53. The van der Waals surface area contributed by atoms with E-state index in [1.54, 1.807) is 20.8 Å². The fourth-order valence-corrected chi connectivity index (χ4v) is 2.26. The largest absolute Gasteiger partial charge is 0.486 e. The van der Waals surface area contributed by atoms with Crippen LogP contribution in [-0.4, -0.2) is 24.8 Å². The summed E-state index contributed by atoms with van der Waals surface area (Å²) in [6.45, 7) is 5.62. The van der Waals surface area contributed by atoms with Crippen molar-refractivity contribution in [1.82, 2.24) is 0 Å². The summed E-state index contributed by atoms with van der Waals surface area (Å²) in [7, 11) is 0. The Morgan fingerprint density at radius 3 is 2.81 bits per heavy atom. The van der Waals surface area contributed by atoms with Gasteiger partial charge in [0.15, 0.2) is 11.6 Å². The SMILES string of the molecule is CC(C)(C)OC(=O)N1CCOc2c1cc(C#N)c(Br)c2F. The van der Waals surface area contributed by atoms with Crippen molar-refractivity contribution >= 4 is 27.7 Å². The average Bonchev–Trinajstić information content (AvgIpc) is 2.40. The molecular weight excluding hydrogens is 343 g/mol. The number of amides is 1. The van der Waals surface area contributed by atoms with E-state index in [2.05, 4.69) is 15.9 Å². The topological polar surface area (TPSA) is 62.6 Å². The van der Waals surface area contributed by atoms with Crippen LogP contribution in [0.15, 0.2) is 10.5 Å². The number of benzene rings is 1. The first-order chi connectivity index (χ1) is 9.74. The van der Waals surface area contributed by atoms with Gasteiger partial charge < -0.3 is 9.47 Å². The van der Waals surface area contributed by atoms with E-state index in [0.29, 0.717) is 0 Å². The van der Waals surface area contributed by atoms with E-state index in [1.165, 1.54) is 11.0 Å². The molecule has 112 valence electrons. The van der Waals surface area contributed by atoms with Gasteiger partial charge in [-0.1, -0.05) is 0 Å². The highest BCUT2D eigenvalue weighted by atomic mass is 79.9. The summed E-state index contributed by atoms with van der Waals surface area (Å²) in [6, 6.07) is 3.28. The van der Waals surface area contributed by atoms with E-state index in [9.17, 15) is 9.18 Å². The van der Waals surface area contributed by atoms with Gasteiger partial charge in [-0.25, -0.2) is 9.18 Å². The van der Waals surface area contributed by atoms with Crippen LogP contribution in [-0.2, 0) is 4.74 Å². The Bertz CT molecular complexity index is 635. The van der Waals surface area contributed by atoms with Gasteiger partial charge in [-0.3, -0.25) is 4.90 Å². The number of carbonyl (C=O) groups is 1. The molecule has 5 nitrogen and oxygen atoms in total. The zero-order valence-corrected chi connectivity index (χ0v) is 13.5. The molecule has 0 radical (unpaired) electrons. The molecule has 0 spiro atoms. The van der Waals surface area contributed by atoms with Crippen molar-refractivity contribution in [3.8, 4) is 11.8 Å². The zero-order chi connectivity index (χ0) is 15.8. The number of nitriles is 1. The fourth-order valence-electron chi connectivity index (χ4n) is 1.88. The molecule has 1 aliphatic heterocycles. The summed E-state index contributed by atoms with van der Waals surface area (Å²) in [5.74, 6) is -0.754. The summed E-state index contributed by atoms with van der Waals surface area (Å²) in [5.41, 5.74) is -0.375. The van der Waals surface area contributed by atoms with Crippen LogP contribution in [0.3, 0.4) is 0 Å². The van der Waals surface area contributed by atoms with Gasteiger partial charge in [-0.15, -0.1) is 0 Å². The van der Waals surface area contributed by atoms with Crippen LogP contribution in [0, 0.1) is 17.1 Å². The predicted octanol–water partition coefficient (Wildman–Crippen LogP) is 3.59. The molecule has 0 aromatic heterocycles. The first-order valence-corrected chi connectivity index (χ1v) is 7.09. The minimum absolute atomic E-state index is 0.0230. The fraction of sp³-hybridized carbons (Fsp3) is 0.429. The molecule has 0 atom stereocenters. The number of fused-ring (bicyclic) bond motifs is 1. The predicted molar refractivity (Wildman–Crippen MR) is 77.9 cm³/mol. The van der Waals surface area contributed by atoms with Crippen LogP contribution in [0.5, 0.6) is 5.75 Å². The normalized spacial score (nSPS) is 14.0. The molecule has 0 unspecified atom stereocenters. The van der Waals surface area contributed by atoms with Gasteiger partial charge in [0.25, 0.3) is 0 Å². The first-order valence-electron chi connectivity index (χ1n) is 6.30. The molecule has 0 saturated heterocycles. The number of nitrogens with zero attached hydrogens (tertiary/aromatic N) is 2. The number of hydrogen-bond donors (Lipinski definition) is 0. The second-order valence-corrected chi connectivity index (χ2v) is 6.29. The maximum Gasteiger partial charge on any atom is 0.415 e. The molecule has 1 aromatic rings. The molecule has 0 bridgehead atoms. The average molecular weight is 357 g/mol.